The van der Waals surface area contributed by atoms with Gasteiger partial charge in [0.15, 0.2) is 0 Å². The Morgan fingerprint density at radius 3 is 2.05 bits per heavy atom. The molecule has 0 spiro atoms. The van der Waals surface area contributed by atoms with Crippen molar-refractivity contribution >= 4 is 50.7 Å². The molecule has 42 heavy (non-hydrogen) atoms. The molecule has 1 atom stereocenters. The molecule has 0 aromatic heterocycles. The average molecular weight is 635 g/mol. The largest absolute Gasteiger partial charge is 0.494 e. The summed E-state index contributed by atoms with van der Waals surface area (Å²) in [6.45, 7) is 8.91. The quantitative estimate of drug-likeness (QED) is 0.241. The first-order chi connectivity index (χ1) is 19.9. The van der Waals surface area contributed by atoms with Crippen molar-refractivity contribution in [2.75, 3.05) is 17.5 Å². The molecule has 0 bridgehead atoms. The van der Waals surface area contributed by atoms with E-state index in [-0.39, 0.29) is 35.5 Å². The summed E-state index contributed by atoms with van der Waals surface area (Å²) >= 11 is 12.9. The minimum Gasteiger partial charge on any atom is -0.494 e. The zero-order valence-electron chi connectivity index (χ0n) is 24.4. The zero-order valence-corrected chi connectivity index (χ0v) is 26.8. The third-order valence-corrected chi connectivity index (χ3v) is 9.03. The van der Waals surface area contributed by atoms with Gasteiger partial charge in [-0.3, -0.25) is 13.9 Å². The van der Waals surface area contributed by atoms with Gasteiger partial charge < -0.3 is 15.0 Å². The Balaban J connectivity index is 2.10. The monoisotopic (exact) mass is 633 g/mol. The highest BCUT2D eigenvalue weighted by Gasteiger charge is 2.34. The molecule has 3 rings (SSSR count). The van der Waals surface area contributed by atoms with E-state index in [1.165, 1.54) is 17.0 Å². The summed E-state index contributed by atoms with van der Waals surface area (Å²) in [5.74, 6) is -0.397. The number of anilines is 1. The minimum absolute atomic E-state index is 0.0278. The van der Waals surface area contributed by atoms with Gasteiger partial charge in [-0.1, -0.05) is 53.9 Å². The predicted octanol–water partition coefficient (Wildman–Crippen LogP) is 6.23. The standard InChI is InChI=1S/C31H37Cl2N3O5S/c1-6-29(31(38)34-21(3)4)35(19-26-27(32)9-8-10-28(26)33)30(37)20-36(23-13-15-24(16-14-23)41-7-2)42(39,40)25-17-11-22(5)12-18-25/h8-18,21,29H,6-7,19-20H2,1-5H3,(H,34,38)/t29-/m1/s1. The van der Waals surface area contributed by atoms with E-state index in [4.69, 9.17) is 27.9 Å². The number of amides is 2. The lowest BCUT2D eigenvalue weighted by Crippen LogP contribution is -2.53. The highest BCUT2D eigenvalue weighted by Crippen LogP contribution is 2.29. The molecule has 11 heteroatoms. The van der Waals surface area contributed by atoms with E-state index < -0.39 is 28.5 Å². The van der Waals surface area contributed by atoms with E-state index in [0.717, 1.165) is 9.87 Å². The second kappa shape index (κ2) is 14.8. The molecule has 1 N–H and O–H groups in total. The van der Waals surface area contributed by atoms with Crippen molar-refractivity contribution in [1.29, 1.82) is 0 Å². The van der Waals surface area contributed by atoms with Crippen molar-refractivity contribution in [1.82, 2.24) is 10.2 Å². The molecule has 0 fully saturated rings. The van der Waals surface area contributed by atoms with Crippen LogP contribution >= 0.6 is 23.2 Å². The van der Waals surface area contributed by atoms with Crippen LogP contribution in [0, 0.1) is 6.92 Å². The number of carbonyl (C=O) groups excluding carboxylic acids is 2. The zero-order chi connectivity index (χ0) is 31.0. The molecule has 0 saturated carbocycles. The van der Waals surface area contributed by atoms with E-state index in [0.29, 0.717) is 28.0 Å². The van der Waals surface area contributed by atoms with Gasteiger partial charge in [0.25, 0.3) is 10.0 Å². The maximum atomic E-state index is 14.2. The fourth-order valence-electron chi connectivity index (χ4n) is 4.40. The third kappa shape index (κ3) is 8.18. The normalized spacial score (nSPS) is 12.1. The average Bonchev–Trinajstić information content (AvgIpc) is 2.93. The molecule has 0 aliphatic heterocycles. The van der Waals surface area contributed by atoms with E-state index >= 15 is 0 Å². The van der Waals surface area contributed by atoms with E-state index in [1.54, 1.807) is 61.5 Å². The number of hydrogen-bond acceptors (Lipinski definition) is 5. The number of ether oxygens (including phenoxy) is 1. The lowest BCUT2D eigenvalue weighted by molar-refractivity contribution is -0.140. The van der Waals surface area contributed by atoms with Gasteiger partial charge in [-0.05, 0) is 82.6 Å². The van der Waals surface area contributed by atoms with Gasteiger partial charge in [-0.2, -0.15) is 0 Å². The molecule has 2 amide bonds. The molecular formula is C31H37Cl2N3O5S. The number of sulfonamides is 1. The minimum atomic E-state index is -4.19. The number of carbonyl (C=O) groups is 2. The molecular weight excluding hydrogens is 597 g/mol. The lowest BCUT2D eigenvalue weighted by atomic mass is 10.1. The van der Waals surface area contributed by atoms with Gasteiger partial charge in [0.05, 0.1) is 17.2 Å². The van der Waals surface area contributed by atoms with Crippen LogP contribution in [-0.4, -0.2) is 50.4 Å². The lowest BCUT2D eigenvalue weighted by Gasteiger charge is -2.34. The molecule has 226 valence electrons. The molecule has 3 aromatic carbocycles. The van der Waals surface area contributed by atoms with Crippen molar-refractivity contribution in [2.45, 2.75) is 64.6 Å². The van der Waals surface area contributed by atoms with Crippen LogP contribution in [-0.2, 0) is 26.2 Å². The second-order valence-corrected chi connectivity index (χ2v) is 12.7. The Morgan fingerprint density at radius 1 is 0.929 bits per heavy atom. The Morgan fingerprint density at radius 2 is 1.52 bits per heavy atom. The Kier molecular flexibility index (Phi) is 11.7. The highest BCUT2D eigenvalue weighted by atomic mass is 35.5. The Bertz CT molecular complexity index is 1460. The number of hydrogen-bond donors (Lipinski definition) is 1. The summed E-state index contributed by atoms with van der Waals surface area (Å²) in [6.07, 6.45) is 0.278. The van der Waals surface area contributed by atoms with Gasteiger partial charge in [-0.15, -0.1) is 0 Å². The molecule has 0 aliphatic carbocycles. The first-order valence-corrected chi connectivity index (χ1v) is 15.9. The van der Waals surface area contributed by atoms with Crippen molar-refractivity contribution in [3.63, 3.8) is 0 Å². The van der Waals surface area contributed by atoms with Crippen LogP contribution in [0.25, 0.3) is 0 Å². The Labute approximate surface area is 258 Å². The van der Waals surface area contributed by atoms with Crippen LogP contribution in [0.4, 0.5) is 5.69 Å². The molecule has 0 radical (unpaired) electrons. The summed E-state index contributed by atoms with van der Waals surface area (Å²) in [5, 5.41) is 3.52. The number of halogens is 2. The van der Waals surface area contributed by atoms with Crippen molar-refractivity contribution < 1.29 is 22.7 Å². The van der Waals surface area contributed by atoms with Gasteiger partial charge in [0, 0.05) is 28.2 Å². The predicted molar refractivity (Wildman–Crippen MR) is 168 cm³/mol. The number of nitrogens with zero attached hydrogens (tertiary/aromatic N) is 2. The van der Waals surface area contributed by atoms with Crippen LogP contribution in [0.5, 0.6) is 5.75 Å². The van der Waals surface area contributed by atoms with E-state index in [1.807, 2.05) is 27.7 Å². The molecule has 0 heterocycles. The number of rotatable bonds is 13. The van der Waals surface area contributed by atoms with Gasteiger partial charge in [-0.25, -0.2) is 8.42 Å². The van der Waals surface area contributed by atoms with Crippen LogP contribution < -0.4 is 14.4 Å². The smallest absolute Gasteiger partial charge is 0.264 e. The summed E-state index contributed by atoms with van der Waals surface area (Å²) < 4.78 is 34.6. The van der Waals surface area contributed by atoms with Crippen molar-refractivity contribution in [3.05, 3.63) is 87.9 Å². The van der Waals surface area contributed by atoms with E-state index in [9.17, 15) is 18.0 Å². The molecule has 3 aromatic rings. The van der Waals surface area contributed by atoms with Gasteiger partial charge in [0.1, 0.15) is 18.3 Å². The maximum Gasteiger partial charge on any atom is 0.264 e. The SMILES string of the molecule is CCOc1ccc(N(CC(=O)N(Cc2c(Cl)cccc2Cl)[C@H](CC)C(=O)NC(C)C)S(=O)(=O)c2ccc(C)cc2)cc1. The summed E-state index contributed by atoms with van der Waals surface area (Å²) in [6, 6.07) is 16.8. The van der Waals surface area contributed by atoms with Crippen LogP contribution in [0.1, 0.15) is 45.2 Å². The van der Waals surface area contributed by atoms with Crippen molar-refractivity contribution in [3.8, 4) is 5.75 Å². The molecule has 0 unspecified atom stereocenters. The van der Waals surface area contributed by atoms with E-state index in [2.05, 4.69) is 5.32 Å². The summed E-state index contributed by atoms with van der Waals surface area (Å²) in [7, 11) is -4.19. The summed E-state index contributed by atoms with van der Waals surface area (Å²) in [5.41, 5.74) is 1.61. The second-order valence-electron chi connectivity index (χ2n) is 10.1. The number of benzene rings is 3. The molecule has 8 nitrogen and oxygen atoms in total. The van der Waals surface area contributed by atoms with Gasteiger partial charge in [0.2, 0.25) is 11.8 Å². The highest BCUT2D eigenvalue weighted by molar-refractivity contribution is 7.92. The van der Waals surface area contributed by atoms with Gasteiger partial charge >= 0.3 is 0 Å². The molecule has 0 saturated heterocycles. The number of nitrogens with one attached hydrogen (secondary N) is 1. The fraction of sp³-hybridized carbons (Fsp3) is 0.355. The Hall–Kier alpha value is -3.27. The van der Waals surface area contributed by atoms with Crippen LogP contribution in [0.2, 0.25) is 10.0 Å². The molecule has 0 aliphatic rings. The topological polar surface area (TPSA) is 96.0 Å². The van der Waals surface area contributed by atoms with Crippen molar-refractivity contribution in [2.24, 2.45) is 0 Å². The first-order valence-electron chi connectivity index (χ1n) is 13.7. The summed E-state index contributed by atoms with van der Waals surface area (Å²) in [4.78, 5) is 28.8. The first kappa shape index (κ1) is 33.2. The number of aryl methyl sites for hydroxylation is 1. The van der Waals surface area contributed by atoms with Crippen LogP contribution in [0.3, 0.4) is 0 Å². The third-order valence-electron chi connectivity index (χ3n) is 6.53. The van der Waals surface area contributed by atoms with Crippen LogP contribution in [0.15, 0.2) is 71.6 Å². The fourth-order valence-corrected chi connectivity index (χ4v) is 6.33. The maximum absolute atomic E-state index is 14.2.